The van der Waals surface area contributed by atoms with E-state index in [4.69, 9.17) is 4.74 Å². The number of thioether (sulfide) groups is 1. The zero-order chi connectivity index (χ0) is 20.0. The van der Waals surface area contributed by atoms with Crippen molar-refractivity contribution in [2.75, 3.05) is 28.8 Å². The van der Waals surface area contributed by atoms with Crippen molar-refractivity contribution in [3.8, 4) is 0 Å². The van der Waals surface area contributed by atoms with Crippen molar-refractivity contribution in [3.05, 3.63) is 30.3 Å². The van der Waals surface area contributed by atoms with E-state index in [1.165, 1.54) is 18.2 Å². The van der Waals surface area contributed by atoms with Gasteiger partial charge in [-0.2, -0.15) is 0 Å². The minimum atomic E-state index is -2.96. The van der Waals surface area contributed by atoms with Gasteiger partial charge in [-0.15, -0.1) is 11.8 Å². The monoisotopic (exact) mass is 425 g/mol. The molecule has 1 saturated heterocycles. The highest BCUT2D eigenvalue weighted by Crippen LogP contribution is 2.28. The summed E-state index contributed by atoms with van der Waals surface area (Å²) in [7, 11) is -2.96. The molecule has 0 spiro atoms. The van der Waals surface area contributed by atoms with Crippen LogP contribution in [0.4, 0.5) is 5.69 Å². The first-order valence-corrected chi connectivity index (χ1v) is 12.7. The molecule has 0 radical (unpaired) electrons. The summed E-state index contributed by atoms with van der Waals surface area (Å²) in [5.41, 5.74) is 0.834. The molecule has 1 aromatic rings. The Labute approximate surface area is 170 Å². The van der Waals surface area contributed by atoms with Gasteiger partial charge in [-0.1, -0.05) is 37.5 Å². The second kappa shape index (κ2) is 9.78. The van der Waals surface area contributed by atoms with Crippen LogP contribution in [0.3, 0.4) is 0 Å². The molecule has 1 aliphatic carbocycles. The molecule has 1 atom stereocenters. The second-order valence-corrected chi connectivity index (χ2v) is 10.9. The molecule has 0 bridgehead atoms. The number of benzene rings is 1. The molecule has 2 aliphatic rings. The Morgan fingerprint density at radius 1 is 1.07 bits per heavy atom. The molecule has 3 rings (SSSR count). The molecule has 1 aromatic carbocycles. The van der Waals surface area contributed by atoms with E-state index < -0.39 is 15.8 Å². The molecule has 8 heteroatoms. The van der Waals surface area contributed by atoms with E-state index in [9.17, 15) is 18.0 Å². The van der Waals surface area contributed by atoms with E-state index in [2.05, 4.69) is 0 Å². The molecule has 0 N–H and O–H groups in total. The first kappa shape index (κ1) is 21.2. The van der Waals surface area contributed by atoms with Gasteiger partial charge in [-0.05, 0) is 31.4 Å². The van der Waals surface area contributed by atoms with Gasteiger partial charge in [-0.25, -0.2) is 8.42 Å². The number of para-hydroxylation sites is 1. The van der Waals surface area contributed by atoms with Crippen LogP contribution < -0.4 is 4.90 Å². The SMILES string of the molecule is O=C(CS[C@@H]1CCS(=O)(=O)C1)OCC(=O)N(c1ccccc1)C1CCCCC1. The number of hydrogen-bond donors (Lipinski definition) is 0. The van der Waals surface area contributed by atoms with Gasteiger partial charge in [0, 0.05) is 17.0 Å². The van der Waals surface area contributed by atoms with Gasteiger partial charge in [0.2, 0.25) is 0 Å². The van der Waals surface area contributed by atoms with Crippen LogP contribution in [0.25, 0.3) is 0 Å². The van der Waals surface area contributed by atoms with Crippen molar-refractivity contribution in [2.24, 2.45) is 0 Å². The Kier molecular flexibility index (Phi) is 7.40. The Bertz CT molecular complexity index is 775. The van der Waals surface area contributed by atoms with Crippen LogP contribution in [0.15, 0.2) is 30.3 Å². The number of esters is 1. The molecular formula is C20H27NO5S2. The highest BCUT2D eigenvalue weighted by molar-refractivity contribution is 8.02. The van der Waals surface area contributed by atoms with Crippen LogP contribution in [0.5, 0.6) is 0 Å². The fourth-order valence-electron chi connectivity index (χ4n) is 3.82. The first-order chi connectivity index (χ1) is 13.4. The number of carbonyl (C=O) groups excluding carboxylic acids is 2. The van der Waals surface area contributed by atoms with Crippen molar-refractivity contribution >= 4 is 39.2 Å². The van der Waals surface area contributed by atoms with E-state index in [0.29, 0.717) is 6.42 Å². The number of amides is 1. The summed E-state index contributed by atoms with van der Waals surface area (Å²) >= 11 is 1.30. The third-order valence-electron chi connectivity index (χ3n) is 5.23. The third-order valence-corrected chi connectivity index (χ3v) is 8.48. The van der Waals surface area contributed by atoms with Crippen molar-refractivity contribution in [1.82, 2.24) is 0 Å². The molecule has 6 nitrogen and oxygen atoms in total. The first-order valence-electron chi connectivity index (χ1n) is 9.79. The van der Waals surface area contributed by atoms with Gasteiger partial charge >= 0.3 is 5.97 Å². The maximum atomic E-state index is 12.9. The number of ether oxygens (including phenoxy) is 1. The highest BCUT2D eigenvalue weighted by atomic mass is 32.2. The van der Waals surface area contributed by atoms with Crippen LogP contribution in [0.1, 0.15) is 38.5 Å². The summed E-state index contributed by atoms with van der Waals surface area (Å²) in [6, 6.07) is 9.66. The molecule has 1 saturated carbocycles. The standard InChI is InChI=1S/C20H27NO5S2/c22-19(13-26-20(23)14-27-18-11-12-28(24,25)15-18)21(16-7-3-1-4-8-16)17-9-5-2-6-10-17/h1,3-4,7-8,17-18H,2,5-6,9-15H2/t18-/m1/s1. The molecule has 154 valence electrons. The summed E-state index contributed by atoms with van der Waals surface area (Å²) in [5, 5.41) is -0.0590. The number of hydrogen-bond acceptors (Lipinski definition) is 6. The molecular weight excluding hydrogens is 398 g/mol. The largest absolute Gasteiger partial charge is 0.455 e. The maximum Gasteiger partial charge on any atom is 0.316 e. The van der Waals surface area contributed by atoms with Crippen LogP contribution in [0.2, 0.25) is 0 Å². The molecule has 1 heterocycles. The van der Waals surface area contributed by atoms with E-state index >= 15 is 0 Å². The van der Waals surface area contributed by atoms with E-state index in [1.807, 2.05) is 30.3 Å². The van der Waals surface area contributed by atoms with Crippen LogP contribution >= 0.6 is 11.8 Å². The fourth-order valence-corrected chi connectivity index (χ4v) is 7.26. The normalized spacial score (nSPS) is 21.9. The van der Waals surface area contributed by atoms with Crippen LogP contribution in [-0.2, 0) is 24.2 Å². The van der Waals surface area contributed by atoms with Crippen molar-refractivity contribution in [1.29, 1.82) is 0 Å². The average molecular weight is 426 g/mol. The maximum absolute atomic E-state index is 12.9. The summed E-state index contributed by atoms with van der Waals surface area (Å²) in [5.74, 6) is -0.305. The zero-order valence-electron chi connectivity index (χ0n) is 15.9. The number of nitrogens with zero attached hydrogens (tertiary/aromatic N) is 1. The Morgan fingerprint density at radius 3 is 2.43 bits per heavy atom. The van der Waals surface area contributed by atoms with Crippen molar-refractivity contribution in [2.45, 2.75) is 49.8 Å². The van der Waals surface area contributed by atoms with Gasteiger partial charge in [0.1, 0.15) is 0 Å². The lowest BCUT2D eigenvalue weighted by atomic mass is 9.93. The van der Waals surface area contributed by atoms with E-state index in [0.717, 1.165) is 31.4 Å². The lowest BCUT2D eigenvalue weighted by molar-refractivity contribution is -0.145. The molecule has 0 aromatic heterocycles. The van der Waals surface area contributed by atoms with Gasteiger partial charge < -0.3 is 9.64 Å². The predicted molar refractivity (Wildman–Crippen MR) is 111 cm³/mol. The predicted octanol–water partition coefficient (Wildman–Crippen LogP) is 2.82. The summed E-state index contributed by atoms with van der Waals surface area (Å²) < 4.78 is 28.2. The average Bonchev–Trinajstić information content (AvgIpc) is 3.05. The highest BCUT2D eigenvalue weighted by Gasteiger charge is 2.30. The quantitative estimate of drug-likeness (QED) is 0.625. The van der Waals surface area contributed by atoms with Gasteiger partial charge in [0.05, 0.1) is 17.3 Å². The topological polar surface area (TPSA) is 80.7 Å². The van der Waals surface area contributed by atoms with Crippen molar-refractivity contribution < 1.29 is 22.7 Å². The van der Waals surface area contributed by atoms with Gasteiger partial charge in [0.25, 0.3) is 5.91 Å². The van der Waals surface area contributed by atoms with Crippen LogP contribution in [0, 0.1) is 0 Å². The smallest absolute Gasteiger partial charge is 0.316 e. The Morgan fingerprint density at radius 2 is 1.79 bits per heavy atom. The lowest BCUT2D eigenvalue weighted by Gasteiger charge is -2.34. The molecule has 1 amide bonds. The number of anilines is 1. The molecule has 1 aliphatic heterocycles. The third kappa shape index (κ3) is 5.98. The number of sulfone groups is 1. The van der Waals surface area contributed by atoms with Crippen LogP contribution in [-0.4, -0.2) is 55.5 Å². The fraction of sp³-hybridized carbons (Fsp3) is 0.600. The number of rotatable bonds is 7. The van der Waals surface area contributed by atoms with Crippen molar-refractivity contribution in [3.63, 3.8) is 0 Å². The molecule has 0 unspecified atom stereocenters. The Balaban J connectivity index is 1.52. The number of carbonyl (C=O) groups is 2. The lowest BCUT2D eigenvalue weighted by Crippen LogP contribution is -2.44. The summed E-state index contributed by atoms with van der Waals surface area (Å²) in [6.07, 6.45) is 5.88. The molecule has 28 heavy (non-hydrogen) atoms. The zero-order valence-corrected chi connectivity index (χ0v) is 17.6. The minimum Gasteiger partial charge on any atom is -0.455 e. The molecule has 2 fully saturated rings. The van der Waals surface area contributed by atoms with Gasteiger partial charge in [-0.3, -0.25) is 9.59 Å². The summed E-state index contributed by atoms with van der Waals surface area (Å²) in [4.78, 5) is 26.7. The second-order valence-electron chi connectivity index (χ2n) is 7.39. The Hall–Kier alpha value is -1.54. The van der Waals surface area contributed by atoms with Gasteiger partial charge in [0.15, 0.2) is 16.4 Å². The van der Waals surface area contributed by atoms with E-state index in [-0.39, 0.29) is 41.1 Å². The summed E-state index contributed by atoms with van der Waals surface area (Å²) in [6.45, 7) is -0.284. The van der Waals surface area contributed by atoms with E-state index in [1.54, 1.807) is 4.90 Å². The minimum absolute atomic E-state index is 0.0590.